The van der Waals surface area contributed by atoms with Crippen LogP contribution in [-0.2, 0) is 0 Å². The monoisotopic (exact) mass is 343 g/mol. The van der Waals surface area contributed by atoms with Gasteiger partial charge in [0, 0.05) is 5.69 Å². The highest BCUT2D eigenvalue weighted by molar-refractivity contribution is 5.61. The van der Waals surface area contributed by atoms with Crippen LogP contribution in [0.2, 0.25) is 0 Å². The summed E-state index contributed by atoms with van der Waals surface area (Å²) < 4.78 is 75.0. The van der Waals surface area contributed by atoms with Crippen molar-refractivity contribution in [1.82, 2.24) is 0 Å². The molecule has 0 saturated carbocycles. The van der Waals surface area contributed by atoms with Gasteiger partial charge in [0.25, 0.3) is 5.92 Å². The number of hydrogen-bond donors (Lipinski definition) is 1. The lowest BCUT2D eigenvalue weighted by atomic mass is 9.80. The average Bonchev–Trinajstić information content (AvgIpc) is 2.52. The lowest BCUT2D eigenvalue weighted by molar-refractivity contribution is -0.215. The van der Waals surface area contributed by atoms with E-state index in [1.165, 1.54) is 43.5 Å². The van der Waals surface area contributed by atoms with Crippen molar-refractivity contribution in [3.8, 4) is 5.75 Å². The normalized spacial score (nSPS) is 22.4. The summed E-state index contributed by atoms with van der Waals surface area (Å²) in [6, 6.07) is 9.41. The van der Waals surface area contributed by atoms with Gasteiger partial charge in [-0.2, -0.15) is 13.2 Å². The minimum absolute atomic E-state index is 0.0258. The van der Waals surface area contributed by atoms with Crippen LogP contribution in [0.25, 0.3) is 0 Å². The van der Waals surface area contributed by atoms with Gasteiger partial charge < -0.3 is 10.1 Å². The molecule has 0 saturated heterocycles. The van der Waals surface area contributed by atoms with E-state index < -0.39 is 29.6 Å². The zero-order valence-electron chi connectivity index (χ0n) is 12.6. The van der Waals surface area contributed by atoms with Gasteiger partial charge in [-0.05, 0) is 29.3 Å². The molecule has 0 spiro atoms. The maximum absolute atomic E-state index is 14.8. The molecule has 2 aromatic carbocycles. The molecule has 0 amide bonds. The van der Waals surface area contributed by atoms with E-state index in [4.69, 9.17) is 4.74 Å². The van der Waals surface area contributed by atoms with Crippen LogP contribution >= 0.6 is 0 Å². The van der Waals surface area contributed by atoms with Crippen molar-refractivity contribution < 1.29 is 26.7 Å². The summed E-state index contributed by atoms with van der Waals surface area (Å²) in [5.74, 6) is -6.88. The molecule has 2 aromatic rings. The third kappa shape index (κ3) is 2.68. The summed E-state index contributed by atoms with van der Waals surface area (Å²) in [6.45, 7) is 0. The van der Waals surface area contributed by atoms with Crippen molar-refractivity contribution in [2.45, 2.75) is 24.1 Å². The summed E-state index contributed by atoms with van der Waals surface area (Å²) in [7, 11) is 1.27. The minimum Gasteiger partial charge on any atom is -0.497 e. The van der Waals surface area contributed by atoms with Crippen LogP contribution in [0.1, 0.15) is 23.1 Å². The van der Waals surface area contributed by atoms with E-state index in [0.29, 0.717) is 0 Å². The molecular formula is C17H14F5NO. The van der Waals surface area contributed by atoms with Crippen molar-refractivity contribution in [3.05, 3.63) is 59.7 Å². The van der Waals surface area contributed by atoms with Crippen molar-refractivity contribution in [2.75, 3.05) is 12.4 Å². The van der Waals surface area contributed by atoms with E-state index in [2.05, 4.69) is 5.32 Å². The van der Waals surface area contributed by atoms with Crippen LogP contribution in [0.4, 0.5) is 27.6 Å². The van der Waals surface area contributed by atoms with E-state index in [1.807, 2.05) is 0 Å². The molecule has 1 aliphatic rings. The van der Waals surface area contributed by atoms with Gasteiger partial charge in [-0.3, -0.25) is 0 Å². The standard InChI is InChI=1S/C17H14F5NO/c1-24-11-7-8-13-12(9-11)14(17(20,21)22)16(18,19)15(23-13)10-5-3-2-4-6-10/h2-9,14-15,23H,1H3/t14-,15+/m0/s1. The van der Waals surface area contributed by atoms with E-state index >= 15 is 0 Å². The minimum atomic E-state index is -5.10. The Morgan fingerprint density at radius 1 is 1.04 bits per heavy atom. The molecule has 24 heavy (non-hydrogen) atoms. The number of fused-ring (bicyclic) bond motifs is 1. The molecule has 1 heterocycles. The summed E-state index contributed by atoms with van der Waals surface area (Å²) >= 11 is 0. The molecule has 2 atom stereocenters. The maximum atomic E-state index is 14.8. The molecule has 1 aliphatic heterocycles. The van der Waals surface area contributed by atoms with Crippen molar-refractivity contribution >= 4 is 5.69 Å². The average molecular weight is 343 g/mol. The summed E-state index contributed by atoms with van der Waals surface area (Å²) in [6.07, 6.45) is -5.10. The van der Waals surface area contributed by atoms with Gasteiger partial charge in [0.15, 0.2) is 0 Å². The molecule has 7 heteroatoms. The molecule has 0 aromatic heterocycles. The molecule has 0 aliphatic carbocycles. The molecule has 0 unspecified atom stereocenters. The number of halogens is 5. The third-order valence-corrected chi connectivity index (χ3v) is 4.10. The Hall–Kier alpha value is -2.31. The smallest absolute Gasteiger partial charge is 0.401 e. The van der Waals surface area contributed by atoms with E-state index in [1.54, 1.807) is 6.07 Å². The zero-order valence-corrected chi connectivity index (χ0v) is 12.6. The van der Waals surface area contributed by atoms with Gasteiger partial charge in [-0.25, -0.2) is 8.78 Å². The highest BCUT2D eigenvalue weighted by Gasteiger charge is 2.63. The predicted octanol–water partition coefficient (Wildman–Crippen LogP) is 5.14. The molecule has 0 bridgehead atoms. The number of rotatable bonds is 2. The Balaban J connectivity index is 2.18. The van der Waals surface area contributed by atoms with Gasteiger partial charge in [0.05, 0.1) is 7.11 Å². The molecule has 2 nitrogen and oxygen atoms in total. The van der Waals surface area contributed by atoms with Gasteiger partial charge >= 0.3 is 6.18 Å². The summed E-state index contributed by atoms with van der Waals surface area (Å²) in [5, 5.41) is 2.55. The van der Waals surface area contributed by atoms with Crippen LogP contribution in [0.3, 0.4) is 0 Å². The summed E-state index contributed by atoms with van der Waals surface area (Å²) in [4.78, 5) is 0. The molecule has 1 N–H and O–H groups in total. The SMILES string of the molecule is COc1ccc2c(c1)[C@H](C(F)(F)F)C(F)(F)[C@@H](c1ccccc1)N2. The van der Waals surface area contributed by atoms with Crippen LogP contribution < -0.4 is 10.1 Å². The van der Waals surface area contributed by atoms with Crippen LogP contribution in [0.15, 0.2) is 48.5 Å². The third-order valence-electron chi connectivity index (χ3n) is 4.10. The highest BCUT2D eigenvalue weighted by Crippen LogP contribution is 2.57. The van der Waals surface area contributed by atoms with Gasteiger partial charge in [-0.15, -0.1) is 0 Å². The van der Waals surface area contributed by atoms with Gasteiger partial charge in [0.1, 0.15) is 17.7 Å². The van der Waals surface area contributed by atoms with Crippen LogP contribution in [0.5, 0.6) is 5.75 Å². The first-order chi connectivity index (χ1) is 11.2. The Bertz CT molecular complexity index is 730. The number of benzene rings is 2. The topological polar surface area (TPSA) is 21.3 Å². The molecule has 0 radical (unpaired) electrons. The Morgan fingerprint density at radius 2 is 1.71 bits per heavy atom. The second-order valence-corrected chi connectivity index (χ2v) is 5.59. The van der Waals surface area contributed by atoms with Crippen molar-refractivity contribution in [2.24, 2.45) is 0 Å². The first-order valence-corrected chi connectivity index (χ1v) is 7.19. The van der Waals surface area contributed by atoms with Crippen LogP contribution in [-0.4, -0.2) is 19.2 Å². The maximum Gasteiger partial charge on any atom is 0.401 e. The van der Waals surface area contributed by atoms with Crippen LogP contribution in [0, 0.1) is 0 Å². The Labute approximate surface area is 135 Å². The van der Waals surface area contributed by atoms with Gasteiger partial charge in [-0.1, -0.05) is 30.3 Å². The lowest BCUT2D eigenvalue weighted by Crippen LogP contribution is -2.47. The van der Waals surface area contributed by atoms with Crippen molar-refractivity contribution in [3.63, 3.8) is 0 Å². The fourth-order valence-electron chi connectivity index (χ4n) is 3.01. The zero-order chi connectivity index (χ0) is 17.5. The molecule has 128 valence electrons. The number of nitrogens with one attached hydrogen (secondary N) is 1. The number of ether oxygens (including phenoxy) is 1. The number of methoxy groups -OCH3 is 1. The first-order valence-electron chi connectivity index (χ1n) is 7.19. The summed E-state index contributed by atoms with van der Waals surface area (Å²) in [5.41, 5.74) is -0.393. The quantitative estimate of drug-likeness (QED) is 0.762. The molecule has 0 fully saturated rings. The predicted molar refractivity (Wildman–Crippen MR) is 79.5 cm³/mol. The van der Waals surface area contributed by atoms with Gasteiger partial charge in [0.2, 0.25) is 0 Å². The molecular weight excluding hydrogens is 329 g/mol. The second kappa shape index (κ2) is 5.65. The fraction of sp³-hybridized carbons (Fsp3) is 0.294. The Morgan fingerprint density at radius 3 is 2.29 bits per heavy atom. The van der Waals surface area contributed by atoms with Crippen molar-refractivity contribution in [1.29, 1.82) is 0 Å². The number of hydrogen-bond acceptors (Lipinski definition) is 2. The first kappa shape index (κ1) is 16.5. The number of anilines is 1. The van der Waals surface area contributed by atoms with E-state index in [-0.39, 0.29) is 17.0 Å². The fourth-order valence-corrected chi connectivity index (χ4v) is 3.01. The lowest BCUT2D eigenvalue weighted by Gasteiger charge is -2.41. The second-order valence-electron chi connectivity index (χ2n) is 5.59. The largest absolute Gasteiger partial charge is 0.497 e. The van der Waals surface area contributed by atoms with E-state index in [0.717, 1.165) is 6.07 Å². The molecule has 3 rings (SSSR count). The highest BCUT2D eigenvalue weighted by atomic mass is 19.4. The number of alkyl halides is 5. The Kier molecular flexibility index (Phi) is 3.89. The van der Waals surface area contributed by atoms with E-state index in [9.17, 15) is 22.0 Å².